The van der Waals surface area contributed by atoms with Crippen molar-refractivity contribution in [2.75, 3.05) is 0 Å². The first-order valence-corrected chi connectivity index (χ1v) is 6.96. The van der Waals surface area contributed by atoms with E-state index in [4.69, 9.17) is 4.74 Å². The van der Waals surface area contributed by atoms with Gasteiger partial charge in [-0.15, -0.1) is 0 Å². The molecule has 2 amide bonds. The van der Waals surface area contributed by atoms with Gasteiger partial charge in [0, 0.05) is 5.56 Å². The third-order valence-electron chi connectivity index (χ3n) is 3.61. The molecule has 2 aromatic carbocycles. The first-order valence-electron chi connectivity index (χ1n) is 6.96. The lowest BCUT2D eigenvalue weighted by molar-refractivity contribution is -0.146. The summed E-state index contributed by atoms with van der Waals surface area (Å²) in [6, 6.07) is 15.7. The topological polar surface area (TPSA) is 83.9 Å². The second-order valence-corrected chi connectivity index (χ2v) is 5.04. The van der Waals surface area contributed by atoms with Gasteiger partial charge in [0.1, 0.15) is 6.04 Å². The number of carboxylic acid groups (broad SMARTS) is 1. The van der Waals surface area contributed by atoms with E-state index in [0.717, 1.165) is 4.90 Å². The first-order chi connectivity index (χ1) is 11.1. The van der Waals surface area contributed by atoms with Gasteiger partial charge in [-0.1, -0.05) is 48.5 Å². The molecule has 0 spiro atoms. The van der Waals surface area contributed by atoms with E-state index >= 15 is 0 Å². The number of benzene rings is 2. The molecule has 1 saturated heterocycles. The summed E-state index contributed by atoms with van der Waals surface area (Å²) >= 11 is 0. The predicted molar refractivity (Wildman–Crippen MR) is 79.7 cm³/mol. The smallest absolute Gasteiger partial charge is 0.418 e. The highest BCUT2D eigenvalue weighted by molar-refractivity contribution is 6.05. The molecule has 6 nitrogen and oxygen atoms in total. The lowest BCUT2D eigenvalue weighted by Crippen LogP contribution is -2.37. The van der Waals surface area contributed by atoms with E-state index < -0.39 is 30.1 Å². The number of carbonyl (C=O) groups excluding carboxylic acids is 2. The summed E-state index contributed by atoms with van der Waals surface area (Å²) < 4.78 is 4.91. The molecule has 116 valence electrons. The molecular weight excluding hydrogens is 298 g/mol. The Labute approximate surface area is 131 Å². The van der Waals surface area contributed by atoms with Crippen LogP contribution < -0.4 is 0 Å². The third kappa shape index (κ3) is 2.66. The highest BCUT2D eigenvalue weighted by Crippen LogP contribution is 2.34. The van der Waals surface area contributed by atoms with Gasteiger partial charge in [-0.2, -0.15) is 0 Å². The van der Waals surface area contributed by atoms with Crippen molar-refractivity contribution in [3.63, 3.8) is 0 Å². The number of hydrogen-bond donors (Lipinski definition) is 1. The molecule has 0 aromatic heterocycles. The number of ether oxygens (including phenoxy) is 1. The molecule has 0 unspecified atom stereocenters. The van der Waals surface area contributed by atoms with Gasteiger partial charge in [0.25, 0.3) is 5.91 Å². The number of rotatable bonds is 3. The van der Waals surface area contributed by atoms with Gasteiger partial charge in [-0.05, 0) is 17.7 Å². The average molecular weight is 311 g/mol. The van der Waals surface area contributed by atoms with Gasteiger partial charge in [0.15, 0.2) is 0 Å². The number of carboxylic acids is 1. The van der Waals surface area contributed by atoms with Crippen molar-refractivity contribution in [2.45, 2.75) is 12.1 Å². The monoisotopic (exact) mass is 311 g/mol. The molecule has 2 atom stereocenters. The molecule has 6 heteroatoms. The molecule has 1 aliphatic rings. The Balaban J connectivity index is 2.04. The standard InChI is InChI=1S/C17H13NO5/c19-15(12-9-5-2-6-10-12)18-13(11-7-3-1-4-8-11)14(16(20)21)23-17(18)22/h1-10,13-14H,(H,20,21)/t13-,14-/m0/s1. The second kappa shape index (κ2) is 5.92. The van der Waals surface area contributed by atoms with Crippen LogP contribution in [-0.4, -0.2) is 34.1 Å². The van der Waals surface area contributed by atoms with Crippen LogP contribution in [0.3, 0.4) is 0 Å². The Morgan fingerprint density at radius 3 is 2.09 bits per heavy atom. The van der Waals surface area contributed by atoms with E-state index in [1.54, 1.807) is 60.7 Å². The summed E-state index contributed by atoms with van der Waals surface area (Å²) in [5, 5.41) is 9.32. The summed E-state index contributed by atoms with van der Waals surface area (Å²) in [6.07, 6.45) is -2.39. The van der Waals surface area contributed by atoms with E-state index in [9.17, 15) is 19.5 Å². The van der Waals surface area contributed by atoms with Crippen LogP contribution in [0.25, 0.3) is 0 Å². The molecule has 1 N–H and O–H groups in total. The van der Waals surface area contributed by atoms with Crippen LogP contribution in [0.5, 0.6) is 0 Å². The Morgan fingerprint density at radius 1 is 0.957 bits per heavy atom. The molecule has 0 bridgehead atoms. The number of nitrogens with zero attached hydrogens (tertiary/aromatic N) is 1. The molecule has 1 heterocycles. The number of amides is 2. The van der Waals surface area contributed by atoms with Crippen molar-refractivity contribution in [1.29, 1.82) is 0 Å². The lowest BCUT2D eigenvalue weighted by atomic mass is 10.00. The Morgan fingerprint density at radius 2 is 1.52 bits per heavy atom. The average Bonchev–Trinajstić information content (AvgIpc) is 2.93. The minimum atomic E-state index is -1.43. The van der Waals surface area contributed by atoms with E-state index in [-0.39, 0.29) is 5.56 Å². The molecule has 1 fully saturated rings. The molecule has 3 rings (SSSR count). The fraction of sp³-hybridized carbons (Fsp3) is 0.118. The second-order valence-electron chi connectivity index (χ2n) is 5.04. The summed E-state index contributed by atoms with van der Waals surface area (Å²) in [5.41, 5.74) is 0.812. The van der Waals surface area contributed by atoms with Crippen LogP contribution in [0.2, 0.25) is 0 Å². The van der Waals surface area contributed by atoms with Gasteiger partial charge < -0.3 is 9.84 Å². The van der Waals surface area contributed by atoms with Crippen molar-refractivity contribution in [2.24, 2.45) is 0 Å². The number of aliphatic carboxylic acids is 1. The van der Waals surface area contributed by atoms with Gasteiger partial charge >= 0.3 is 12.1 Å². The van der Waals surface area contributed by atoms with Crippen molar-refractivity contribution in [3.8, 4) is 0 Å². The van der Waals surface area contributed by atoms with Crippen molar-refractivity contribution in [1.82, 2.24) is 4.90 Å². The maximum atomic E-state index is 12.6. The number of carbonyl (C=O) groups is 3. The largest absolute Gasteiger partial charge is 0.478 e. The molecule has 1 aliphatic heterocycles. The van der Waals surface area contributed by atoms with Gasteiger partial charge in [0.2, 0.25) is 6.10 Å². The van der Waals surface area contributed by atoms with Crippen LogP contribution in [0.15, 0.2) is 60.7 Å². The van der Waals surface area contributed by atoms with E-state index in [1.165, 1.54) is 0 Å². The molecule has 0 radical (unpaired) electrons. The number of cyclic esters (lactones) is 1. The van der Waals surface area contributed by atoms with Crippen molar-refractivity contribution >= 4 is 18.0 Å². The van der Waals surface area contributed by atoms with Crippen LogP contribution in [0.1, 0.15) is 22.0 Å². The fourth-order valence-electron chi connectivity index (χ4n) is 2.57. The summed E-state index contributed by atoms with van der Waals surface area (Å²) in [5.74, 6) is -1.89. The quantitative estimate of drug-likeness (QED) is 0.941. The minimum Gasteiger partial charge on any atom is -0.478 e. The van der Waals surface area contributed by atoms with Crippen LogP contribution in [0.4, 0.5) is 4.79 Å². The Kier molecular flexibility index (Phi) is 3.80. The molecular formula is C17H13NO5. The zero-order valence-electron chi connectivity index (χ0n) is 12.0. The third-order valence-corrected chi connectivity index (χ3v) is 3.61. The fourth-order valence-corrected chi connectivity index (χ4v) is 2.57. The van der Waals surface area contributed by atoms with Gasteiger partial charge in [0.05, 0.1) is 0 Å². The minimum absolute atomic E-state index is 0.288. The van der Waals surface area contributed by atoms with Crippen LogP contribution in [-0.2, 0) is 9.53 Å². The Hall–Kier alpha value is -3.15. The van der Waals surface area contributed by atoms with Crippen molar-refractivity contribution < 1.29 is 24.2 Å². The number of imide groups is 1. The lowest BCUT2D eigenvalue weighted by Gasteiger charge is -2.22. The molecule has 0 saturated carbocycles. The SMILES string of the molecule is O=C(O)[C@H]1OC(=O)N(C(=O)c2ccccc2)[C@H]1c1ccccc1. The summed E-state index contributed by atoms with van der Waals surface area (Å²) in [4.78, 5) is 37.0. The van der Waals surface area contributed by atoms with E-state index in [0.29, 0.717) is 5.56 Å². The van der Waals surface area contributed by atoms with E-state index in [1.807, 2.05) is 0 Å². The summed E-state index contributed by atoms with van der Waals surface area (Å²) in [6.45, 7) is 0. The van der Waals surface area contributed by atoms with E-state index in [2.05, 4.69) is 0 Å². The first kappa shape index (κ1) is 14.8. The molecule has 2 aromatic rings. The summed E-state index contributed by atoms with van der Waals surface area (Å²) in [7, 11) is 0. The maximum Gasteiger partial charge on any atom is 0.418 e. The zero-order valence-corrected chi connectivity index (χ0v) is 12.0. The normalized spacial score (nSPS) is 20.2. The Bertz CT molecular complexity index is 744. The molecule has 0 aliphatic carbocycles. The van der Waals surface area contributed by atoms with Crippen molar-refractivity contribution in [3.05, 3.63) is 71.8 Å². The van der Waals surface area contributed by atoms with Crippen LogP contribution in [0, 0.1) is 0 Å². The van der Waals surface area contributed by atoms with Gasteiger partial charge in [-0.25, -0.2) is 14.5 Å². The zero-order chi connectivity index (χ0) is 16.4. The van der Waals surface area contributed by atoms with Gasteiger partial charge in [-0.3, -0.25) is 4.79 Å². The molecule has 23 heavy (non-hydrogen) atoms. The highest BCUT2D eigenvalue weighted by Gasteiger charge is 2.50. The maximum absolute atomic E-state index is 12.6. The number of hydrogen-bond acceptors (Lipinski definition) is 4. The highest BCUT2D eigenvalue weighted by atomic mass is 16.6. The van der Waals surface area contributed by atoms with Crippen LogP contribution >= 0.6 is 0 Å². The predicted octanol–water partition coefficient (Wildman–Crippen LogP) is 2.47.